The van der Waals surface area contributed by atoms with Gasteiger partial charge in [0.1, 0.15) is 13.2 Å². The van der Waals surface area contributed by atoms with E-state index in [0.717, 1.165) is 40.9 Å². The van der Waals surface area contributed by atoms with Crippen LogP contribution in [0.4, 0.5) is 0 Å². The van der Waals surface area contributed by atoms with Gasteiger partial charge in [0.25, 0.3) is 5.91 Å². The summed E-state index contributed by atoms with van der Waals surface area (Å²) in [6.07, 6.45) is 3.45. The molecule has 0 fully saturated rings. The molecule has 32 heavy (non-hydrogen) atoms. The number of nitrogens with one attached hydrogen (secondary N) is 1. The first-order valence-corrected chi connectivity index (χ1v) is 10.9. The Labute approximate surface area is 186 Å². The standard InChI is InChI=1S/C26H25N3O3/c30-26(21-9-10-22-23(16-21)28-18-27-22)29(12-4-7-19-5-2-1-3-6-19)17-20-8-11-24-25(15-20)32-14-13-31-24/h1-3,5-6,8-11,15-16,18H,4,7,12-14,17H2,(H,27,28). The van der Waals surface area contributed by atoms with E-state index in [9.17, 15) is 4.79 Å². The molecular formula is C26H25N3O3. The summed E-state index contributed by atoms with van der Waals surface area (Å²) in [4.78, 5) is 22.7. The molecule has 1 aromatic heterocycles. The van der Waals surface area contributed by atoms with Crippen LogP contribution >= 0.6 is 0 Å². The molecule has 1 amide bonds. The zero-order valence-corrected chi connectivity index (χ0v) is 17.8. The summed E-state index contributed by atoms with van der Waals surface area (Å²) in [7, 11) is 0. The van der Waals surface area contributed by atoms with Crippen LogP contribution in [-0.2, 0) is 13.0 Å². The summed E-state index contributed by atoms with van der Waals surface area (Å²) in [5.74, 6) is 1.50. The average molecular weight is 428 g/mol. The van der Waals surface area contributed by atoms with Crippen molar-refractivity contribution in [3.8, 4) is 11.5 Å². The number of fused-ring (bicyclic) bond motifs is 2. The van der Waals surface area contributed by atoms with E-state index in [-0.39, 0.29) is 5.91 Å². The average Bonchev–Trinajstić information content (AvgIpc) is 3.31. The highest BCUT2D eigenvalue weighted by Gasteiger charge is 2.19. The van der Waals surface area contributed by atoms with Gasteiger partial charge < -0.3 is 19.4 Å². The molecule has 0 spiro atoms. The van der Waals surface area contributed by atoms with Crippen molar-refractivity contribution in [3.05, 3.63) is 89.7 Å². The molecule has 0 aliphatic carbocycles. The maximum absolute atomic E-state index is 13.5. The van der Waals surface area contributed by atoms with E-state index in [0.29, 0.717) is 31.9 Å². The maximum atomic E-state index is 13.5. The Morgan fingerprint density at radius 1 is 0.938 bits per heavy atom. The van der Waals surface area contributed by atoms with Gasteiger partial charge in [0.15, 0.2) is 11.5 Å². The summed E-state index contributed by atoms with van der Waals surface area (Å²) < 4.78 is 11.4. The van der Waals surface area contributed by atoms with E-state index in [1.54, 1.807) is 6.33 Å². The monoisotopic (exact) mass is 427 g/mol. The quantitative estimate of drug-likeness (QED) is 0.468. The fourth-order valence-corrected chi connectivity index (χ4v) is 4.03. The smallest absolute Gasteiger partial charge is 0.254 e. The second-order valence-corrected chi connectivity index (χ2v) is 7.93. The number of aromatic nitrogens is 2. The Hall–Kier alpha value is -3.80. The fraction of sp³-hybridized carbons (Fsp3) is 0.231. The number of benzene rings is 3. The number of rotatable bonds is 7. The van der Waals surface area contributed by atoms with Crippen molar-refractivity contribution in [1.29, 1.82) is 0 Å². The van der Waals surface area contributed by atoms with E-state index in [1.165, 1.54) is 5.56 Å². The van der Waals surface area contributed by atoms with Gasteiger partial charge in [0.05, 0.1) is 17.4 Å². The van der Waals surface area contributed by atoms with Crippen LogP contribution in [0, 0.1) is 0 Å². The lowest BCUT2D eigenvalue weighted by Gasteiger charge is -2.24. The molecule has 162 valence electrons. The highest BCUT2D eigenvalue weighted by atomic mass is 16.6. The van der Waals surface area contributed by atoms with Crippen molar-refractivity contribution >= 4 is 16.9 Å². The van der Waals surface area contributed by atoms with Crippen LogP contribution in [0.3, 0.4) is 0 Å². The number of imidazole rings is 1. The van der Waals surface area contributed by atoms with E-state index < -0.39 is 0 Å². The summed E-state index contributed by atoms with van der Waals surface area (Å²) in [5.41, 5.74) is 4.66. The molecule has 6 heteroatoms. The second-order valence-electron chi connectivity index (χ2n) is 7.93. The molecule has 0 unspecified atom stereocenters. The molecule has 0 bridgehead atoms. The van der Waals surface area contributed by atoms with Crippen LogP contribution in [0.2, 0.25) is 0 Å². The topological polar surface area (TPSA) is 67.5 Å². The molecule has 0 saturated carbocycles. The van der Waals surface area contributed by atoms with Crippen molar-refractivity contribution in [2.75, 3.05) is 19.8 Å². The maximum Gasteiger partial charge on any atom is 0.254 e. The van der Waals surface area contributed by atoms with Gasteiger partial charge in [-0.3, -0.25) is 4.79 Å². The molecule has 0 radical (unpaired) electrons. The number of carbonyl (C=O) groups excluding carboxylic acids is 1. The highest BCUT2D eigenvalue weighted by molar-refractivity contribution is 5.97. The molecule has 3 aromatic carbocycles. The summed E-state index contributed by atoms with van der Waals surface area (Å²) >= 11 is 0. The summed E-state index contributed by atoms with van der Waals surface area (Å²) in [5, 5.41) is 0. The molecule has 4 aromatic rings. The predicted molar refractivity (Wildman–Crippen MR) is 123 cm³/mol. The Morgan fingerprint density at radius 3 is 2.66 bits per heavy atom. The minimum Gasteiger partial charge on any atom is -0.486 e. The Bertz CT molecular complexity index is 1220. The number of carbonyl (C=O) groups is 1. The number of aromatic amines is 1. The molecule has 0 saturated heterocycles. The van der Waals surface area contributed by atoms with Gasteiger partial charge >= 0.3 is 0 Å². The number of aryl methyl sites for hydroxylation is 1. The molecular weight excluding hydrogens is 402 g/mol. The second kappa shape index (κ2) is 9.14. The zero-order valence-electron chi connectivity index (χ0n) is 17.8. The van der Waals surface area contributed by atoms with E-state index in [2.05, 4.69) is 22.1 Å². The normalized spacial score (nSPS) is 12.6. The minimum absolute atomic E-state index is 0.00412. The van der Waals surface area contributed by atoms with Crippen molar-refractivity contribution in [1.82, 2.24) is 14.9 Å². The molecule has 2 heterocycles. The number of nitrogens with zero attached hydrogens (tertiary/aromatic N) is 2. The van der Waals surface area contributed by atoms with E-state index in [4.69, 9.17) is 9.47 Å². The van der Waals surface area contributed by atoms with Gasteiger partial charge in [0.2, 0.25) is 0 Å². The van der Waals surface area contributed by atoms with E-state index >= 15 is 0 Å². The minimum atomic E-state index is 0.00412. The lowest BCUT2D eigenvalue weighted by molar-refractivity contribution is 0.0741. The van der Waals surface area contributed by atoms with Crippen LogP contribution < -0.4 is 9.47 Å². The van der Waals surface area contributed by atoms with Gasteiger partial charge in [-0.15, -0.1) is 0 Å². The largest absolute Gasteiger partial charge is 0.486 e. The zero-order chi connectivity index (χ0) is 21.8. The number of H-pyrrole nitrogens is 1. The van der Waals surface area contributed by atoms with E-state index in [1.807, 2.05) is 59.5 Å². The number of ether oxygens (including phenoxy) is 2. The first-order chi connectivity index (χ1) is 15.8. The lowest BCUT2D eigenvalue weighted by atomic mass is 10.1. The third-order valence-electron chi connectivity index (χ3n) is 5.67. The summed E-state index contributed by atoms with van der Waals surface area (Å²) in [6.45, 7) is 2.27. The van der Waals surface area contributed by atoms with Crippen molar-refractivity contribution in [3.63, 3.8) is 0 Å². The lowest BCUT2D eigenvalue weighted by Crippen LogP contribution is -2.32. The predicted octanol–water partition coefficient (Wildman–Crippen LogP) is 4.61. The molecule has 6 nitrogen and oxygen atoms in total. The third kappa shape index (κ3) is 4.44. The Kier molecular flexibility index (Phi) is 5.75. The molecule has 1 aliphatic rings. The van der Waals surface area contributed by atoms with Crippen molar-refractivity contribution in [2.45, 2.75) is 19.4 Å². The van der Waals surface area contributed by atoms with Crippen LogP contribution in [0.5, 0.6) is 11.5 Å². The van der Waals surface area contributed by atoms with Crippen LogP contribution in [-0.4, -0.2) is 40.5 Å². The highest BCUT2D eigenvalue weighted by Crippen LogP contribution is 2.31. The summed E-state index contributed by atoms with van der Waals surface area (Å²) in [6, 6.07) is 21.9. The number of hydrogen-bond acceptors (Lipinski definition) is 4. The fourth-order valence-electron chi connectivity index (χ4n) is 4.03. The molecule has 1 N–H and O–H groups in total. The van der Waals surface area contributed by atoms with Crippen molar-refractivity contribution in [2.24, 2.45) is 0 Å². The first-order valence-electron chi connectivity index (χ1n) is 10.9. The SMILES string of the molecule is O=C(c1ccc2nc[nH]c2c1)N(CCCc1ccccc1)Cc1ccc2c(c1)OCCO2. The van der Waals surface area contributed by atoms with Gasteiger partial charge in [-0.05, 0) is 54.3 Å². The van der Waals surface area contributed by atoms with Crippen LogP contribution in [0.15, 0.2) is 73.1 Å². The van der Waals surface area contributed by atoms with Gasteiger partial charge in [-0.25, -0.2) is 4.98 Å². The third-order valence-corrected chi connectivity index (χ3v) is 5.67. The molecule has 1 aliphatic heterocycles. The van der Waals surface area contributed by atoms with Gasteiger partial charge in [-0.2, -0.15) is 0 Å². The molecule has 0 atom stereocenters. The number of hydrogen-bond donors (Lipinski definition) is 1. The number of amides is 1. The van der Waals surface area contributed by atoms with Gasteiger partial charge in [-0.1, -0.05) is 36.4 Å². The van der Waals surface area contributed by atoms with Crippen LogP contribution in [0.1, 0.15) is 27.9 Å². The Balaban J connectivity index is 1.36. The van der Waals surface area contributed by atoms with Gasteiger partial charge in [0, 0.05) is 18.7 Å². The molecule has 5 rings (SSSR count). The van der Waals surface area contributed by atoms with Crippen molar-refractivity contribution < 1.29 is 14.3 Å². The first kappa shape index (κ1) is 20.1. The Morgan fingerprint density at radius 2 is 1.78 bits per heavy atom. The van der Waals surface area contributed by atoms with Crippen LogP contribution in [0.25, 0.3) is 11.0 Å².